The van der Waals surface area contributed by atoms with Gasteiger partial charge >= 0.3 is 5.69 Å². The molecule has 0 spiro atoms. The number of anilines is 1. The Labute approximate surface area is 245 Å². The number of benzene rings is 2. The maximum absolute atomic E-state index is 15.8. The first-order valence-electron chi connectivity index (χ1n) is 13.2. The lowest BCUT2D eigenvalue weighted by atomic mass is 10.1. The van der Waals surface area contributed by atoms with E-state index in [1.807, 2.05) is 0 Å². The third-order valence-corrected chi connectivity index (χ3v) is 8.82. The van der Waals surface area contributed by atoms with Gasteiger partial charge in [0, 0.05) is 25.7 Å². The van der Waals surface area contributed by atoms with Gasteiger partial charge in [-0.2, -0.15) is 4.98 Å². The number of sulfonamides is 1. The first-order valence-corrected chi connectivity index (χ1v) is 14.7. The molecule has 224 valence electrons. The van der Waals surface area contributed by atoms with Crippen molar-refractivity contribution in [2.75, 3.05) is 31.6 Å². The number of carbonyl (C=O) groups excluding carboxylic acids is 1. The van der Waals surface area contributed by atoms with Crippen LogP contribution in [-0.4, -0.2) is 66.5 Å². The standard InChI is InChI=1S/C29H27F3N6O4S/c1-5-23(39)36-12-13-37(17(3)15-36)27-18-14-21(32)25(24-19(30)9-7-10-20(24)31)34-28(18)38(29(40)35-27)26-16(2)8-6-11-22(26)43(41,42)33-4/h5-11,14,17,33H,1,12-13,15H2,2-4H3/t17-/m0/s1. The summed E-state index contributed by atoms with van der Waals surface area (Å²) in [6.45, 7) is 7.56. The Bertz CT molecular complexity index is 1940. The summed E-state index contributed by atoms with van der Waals surface area (Å²) in [7, 11) is -2.94. The van der Waals surface area contributed by atoms with Gasteiger partial charge in [-0.25, -0.2) is 40.7 Å². The van der Waals surface area contributed by atoms with E-state index in [2.05, 4.69) is 21.3 Å². The van der Waals surface area contributed by atoms with Crippen molar-refractivity contribution in [1.29, 1.82) is 0 Å². The van der Waals surface area contributed by atoms with E-state index >= 15 is 4.39 Å². The van der Waals surface area contributed by atoms with E-state index in [4.69, 9.17) is 0 Å². The number of para-hydroxylation sites is 1. The van der Waals surface area contributed by atoms with Crippen molar-refractivity contribution in [1.82, 2.24) is 24.2 Å². The van der Waals surface area contributed by atoms with Crippen LogP contribution < -0.4 is 15.3 Å². The molecule has 1 amide bonds. The molecule has 10 nitrogen and oxygen atoms in total. The molecule has 1 aliphatic heterocycles. The van der Waals surface area contributed by atoms with Crippen molar-refractivity contribution in [3.63, 3.8) is 0 Å². The van der Waals surface area contributed by atoms with Crippen LogP contribution in [0.2, 0.25) is 0 Å². The molecular formula is C29H27F3N6O4S. The molecule has 1 saturated heterocycles. The summed E-state index contributed by atoms with van der Waals surface area (Å²) in [5.41, 5.74) is -2.47. The fraction of sp³-hybridized carbons (Fsp3) is 0.241. The van der Waals surface area contributed by atoms with Crippen LogP contribution in [0.4, 0.5) is 19.0 Å². The molecule has 4 aromatic rings. The number of hydrogen-bond acceptors (Lipinski definition) is 7. The largest absolute Gasteiger partial charge is 0.355 e. The Morgan fingerprint density at radius 2 is 1.74 bits per heavy atom. The Hall–Kier alpha value is -4.56. The van der Waals surface area contributed by atoms with Crippen LogP contribution in [0.1, 0.15) is 12.5 Å². The molecule has 5 rings (SSSR count). The van der Waals surface area contributed by atoms with Crippen LogP contribution in [-0.2, 0) is 14.8 Å². The summed E-state index contributed by atoms with van der Waals surface area (Å²) in [4.78, 5) is 37.6. The van der Waals surface area contributed by atoms with Gasteiger partial charge in [0.15, 0.2) is 11.5 Å². The number of nitrogens with zero attached hydrogens (tertiary/aromatic N) is 5. The van der Waals surface area contributed by atoms with E-state index < -0.39 is 50.5 Å². The zero-order chi connectivity index (χ0) is 31.2. The maximum Gasteiger partial charge on any atom is 0.355 e. The van der Waals surface area contributed by atoms with Crippen molar-refractivity contribution in [2.24, 2.45) is 0 Å². The fourth-order valence-electron chi connectivity index (χ4n) is 5.27. The minimum absolute atomic E-state index is 0.0102. The van der Waals surface area contributed by atoms with Gasteiger partial charge < -0.3 is 9.80 Å². The van der Waals surface area contributed by atoms with E-state index in [0.29, 0.717) is 5.56 Å². The van der Waals surface area contributed by atoms with E-state index in [1.165, 1.54) is 25.3 Å². The van der Waals surface area contributed by atoms with Crippen LogP contribution in [0.15, 0.2) is 64.8 Å². The van der Waals surface area contributed by atoms with E-state index in [1.54, 1.807) is 29.7 Å². The molecule has 0 unspecified atom stereocenters. The minimum atomic E-state index is -4.14. The lowest BCUT2D eigenvalue weighted by Crippen LogP contribution is -2.54. The molecule has 1 N–H and O–H groups in total. The SMILES string of the molecule is C=CC(=O)N1CCN(c2nc(=O)n(-c3c(C)cccc3S(=O)(=O)NC)c3nc(-c4c(F)cccc4F)c(F)cc23)[C@@H](C)C1. The van der Waals surface area contributed by atoms with Crippen molar-refractivity contribution < 1.29 is 26.4 Å². The van der Waals surface area contributed by atoms with Gasteiger partial charge in [-0.15, -0.1) is 0 Å². The number of amides is 1. The molecular weight excluding hydrogens is 585 g/mol. The number of aromatic nitrogens is 3. The Kier molecular flexibility index (Phi) is 7.84. The predicted molar refractivity (Wildman–Crippen MR) is 155 cm³/mol. The van der Waals surface area contributed by atoms with Crippen molar-refractivity contribution >= 4 is 32.8 Å². The van der Waals surface area contributed by atoms with Gasteiger partial charge in [0.2, 0.25) is 15.9 Å². The second-order valence-corrected chi connectivity index (χ2v) is 11.9. The van der Waals surface area contributed by atoms with Crippen LogP contribution in [0.25, 0.3) is 28.0 Å². The number of rotatable bonds is 6. The number of fused-ring (bicyclic) bond motifs is 1. The summed E-state index contributed by atoms with van der Waals surface area (Å²) < 4.78 is 74.6. The Morgan fingerprint density at radius 3 is 2.37 bits per heavy atom. The molecule has 1 fully saturated rings. The normalized spacial score (nSPS) is 15.6. The summed E-state index contributed by atoms with van der Waals surface area (Å²) in [6.07, 6.45) is 1.19. The average molecular weight is 613 g/mol. The smallest absolute Gasteiger partial charge is 0.350 e. The monoisotopic (exact) mass is 612 g/mol. The van der Waals surface area contributed by atoms with E-state index in [0.717, 1.165) is 28.8 Å². The molecule has 0 aliphatic carbocycles. The second kappa shape index (κ2) is 11.3. The number of piperazine rings is 1. The highest BCUT2D eigenvalue weighted by molar-refractivity contribution is 7.89. The highest BCUT2D eigenvalue weighted by Gasteiger charge is 2.31. The molecule has 43 heavy (non-hydrogen) atoms. The quantitative estimate of drug-likeness (QED) is 0.332. The summed E-state index contributed by atoms with van der Waals surface area (Å²) in [5, 5.41) is -0.0102. The van der Waals surface area contributed by atoms with Gasteiger partial charge in [-0.1, -0.05) is 24.8 Å². The van der Waals surface area contributed by atoms with Crippen LogP contribution in [0.5, 0.6) is 0 Å². The zero-order valence-electron chi connectivity index (χ0n) is 23.4. The minimum Gasteiger partial charge on any atom is -0.350 e. The van der Waals surface area contributed by atoms with E-state index in [-0.39, 0.29) is 53.0 Å². The molecule has 3 heterocycles. The number of hydrogen-bond donors (Lipinski definition) is 1. The number of aryl methyl sites for hydroxylation is 1. The molecule has 2 aromatic heterocycles. The number of nitrogens with one attached hydrogen (secondary N) is 1. The highest BCUT2D eigenvalue weighted by atomic mass is 32.2. The second-order valence-electron chi connectivity index (χ2n) is 10.0. The lowest BCUT2D eigenvalue weighted by Gasteiger charge is -2.40. The van der Waals surface area contributed by atoms with Crippen molar-refractivity contribution in [2.45, 2.75) is 24.8 Å². The van der Waals surface area contributed by atoms with Crippen LogP contribution >= 0.6 is 0 Å². The Balaban J connectivity index is 1.87. The number of pyridine rings is 1. The summed E-state index contributed by atoms with van der Waals surface area (Å²) >= 11 is 0. The third-order valence-electron chi connectivity index (χ3n) is 7.37. The van der Waals surface area contributed by atoms with Gasteiger partial charge in [0.1, 0.15) is 28.0 Å². The maximum atomic E-state index is 15.8. The topological polar surface area (TPSA) is 118 Å². The summed E-state index contributed by atoms with van der Waals surface area (Å²) in [6, 6.07) is 7.91. The average Bonchev–Trinajstić information content (AvgIpc) is 2.97. The zero-order valence-corrected chi connectivity index (χ0v) is 24.3. The molecule has 2 aromatic carbocycles. The first-order chi connectivity index (χ1) is 20.4. The molecule has 14 heteroatoms. The van der Waals surface area contributed by atoms with Crippen molar-refractivity contribution in [3.05, 3.63) is 88.6 Å². The van der Waals surface area contributed by atoms with E-state index in [9.17, 15) is 26.8 Å². The van der Waals surface area contributed by atoms with Crippen LogP contribution in [0, 0.1) is 24.4 Å². The summed E-state index contributed by atoms with van der Waals surface area (Å²) in [5.74, 6) is -3.51. The highest BCUT2D eigenvalue weighted by Crippen LogP contribution is 2.34. The van der Waals surface area contributed by atoms with Gasteiger partial charge in [-0.3, -0.25) is 4.79 Å². The lowest BCUT2D eigenvalue weighted by molar-refractivity contribution is -0.126. The third kappa shape index (κ3) is 5.16. The van der Waals surface area contributed by atoms with Gasteiger partial charge in [0.25, 0.3) is 0 Å². The van der Waals surface area contributed by atoms with Crippen molar-refractivity contribution in [3.8, 4) is 16.9 Å². The van der Waals surface area contributed by atoms with Crippen LogP contribution in [0.3, 0.4) is 0 Å². The van der Waals surface area contributed by atoms with Gasteiger partial charge in [-0.05, 0) is 56.8 Å². The predicted octanol–water partition coefficient (Wildman–Crippen LogP) is 3.30. The molecule has 0 bridgehead atoms. The molecule has 1 atom stereocenters. The Morgan fingerprint density at radius 1 is 1.07 bits per heavy atom. The first kappa shape index (κ1) is 29.9. The molecule has 1 aliphatic rings. The fourth-order valence-corrected chi connectivity index (χ4v) is 6.26. The molecule has 0 saturated carbocycles. The molecule has 0 radical (unpaired) electrons. The number of halogens is 3. The van der Waals surface area contributed by atoms with Gasteiger partial charge in [0.05, 0.1) is 16.6 Å². The number of carbonyl (C=O) groups is 1.